The lowest BCUT2D eigenvalue weighted by Crippen LogP contribution is -2.47. The van der Waals surface area contributed by atoms with Gasteiger partial charge in [-0.3, -0.25) is 0 Å². The van der Waals surface area contributed by atoms with Gasteiger partial charge >= 0.3 is 0 Å². The Kier molecular flexibility index (Phi) is 5.20. The largest absolute Gasteiger partial charge is 0.488 e. The molecule has 1 aliphatic heterocycles. The van der Waals surface area contributed by atoms with Crippen LogP contribution in [-0.2, 0) is 4.74 Å². The predicted molar refractivity (Wildman–Crippen MR) is 126 cm³/mol. The molecule has 1 aliphatic carbocycles. The van der Waals surface area contributed by atoms with Gasteiger partial charge in [-0.25, -0.2) is 19.3 Å². The molecule has 0 radical (unpaired) electrons. The number of aliphatic hydroxyl groups is 3. The summed E-state index contributed by atoms with van der Waals surface area (Å²) in [6.45, 7) is 0. The van der Waals surface area contributed by atoms with E-state index in [-0.39, 0.29) is 23.1 Å². The van der Waals surface area contributed by atoms with E-state index in [4.69, 9.17) is 15.2 Å². The highest BCUT2D eigenvalue weighted by atomic mass is 79.9. The first kappa shape index (κ1) is 22.6. The average Bonchev–Trinajstić information content (AvgIpc) is 3.46. The number of fused-ring (bicyclic) bond motifs is 3. The third-order valence-corrected chi connectivity index (χ3v) is 7.46. The van der Waals surface area contributed by atoms with Gasteiger partial charge in [0.2, 0.25) is 6.36 Å². The van der Waals surface area contributed by atoms with Crippen molar-refractivity contribution in [3.05, 3.63) is 53.0 Å². The van der Waals surface area contributed by atoms with Crippen LogP contribution in [0.25, 0.3) is 21.9 Å². The zero-order valence-electron chi connectivity index (χ0n) is 18.1. The van der Waals surface area contributed by atoms with Gasteiger partial charge in [0.1, 0.15) is 53.1 Å². The minimum absolute atomic E-state index is 0.182. The smallest absolute Gasteiger partial charge is 0.240 e. The fourth-order valence-electron chi connectivity index (χ4n) is 5.09. The van der Waals surface area contributed by atoms with Gasteiger partial charge < -0.3 is 35.1 Å². The second kappa shape index (κ2) is 8.07. The molecule has 4 heterocycles. The molecule has 35 heavy (non-hydrogen) atoms. The van der Waals surface area contributed by atoms with Gasteiger partial charge in [0.05, 0.1) is 9.99 Å². The van der Waals surface area contributed by atoms with Crippen molar-refractivity contribution in [2.24, 2.45) is 0 Å². The summed E-state index contributed by atoms with van der Waals surface area (Å²) < 4.78 is 28.1. The van der Waals surface area contributed by atoms with E-state index >= 15 is 0 Å². The highest BCUT2D eigenvalue weighted by Crippen LogP contribution is 2.48. The number of hydrogen-bond donors (Lipinski definition) is 4. The Bertz CT molecular complexity index is 1450. The molecule has 0 spiro atoms. The highest BCUT2D eigenvalue weighted by Gasteiger charge is 2.62. The standard InChI is InChI=1S/C23H21BrFN5O5/c24-13-7-10-1-2-11(8-14(10)29-20(13)26)34-15-3-5-23(33)17(31)22(35-18(15)23)30-6-4-12-16(19(25)32)27-9-28-21(12)30/h1-2,4,6-9,15,17-19,22,31-33H,3,5H2,(H2,26,29)/t15-,17-,18+,19?,22+,23-/m0/s1. The lowest BCUT2D eigenvalue weighted by molar-refractivity contribution is -0.0791. The van der Waals surface area contributed by atoms with Crippen molar-refractivity contribution in [2.45, 2.75) is 49.3 Å². The van der Waals surface area contributed by atoms with Crippen molar-refractivity contribution in [2.75, 3.05) is 5.73 Å². The predicted octanol–water partition coefficient (Wildman–Crippen LogP) is 2.52. The maximum absolute atomic E-state index is 13.6. The number of halogens is 2. The minimum atomic E-state index is -2.28. The normalized spacial score (nSPS) is 29.1. The first-order valence-corrected chi connectivity index (χ1v) is 11.8. The van der Waals surface area contributed by atoms with Crippen molar-refractivity contribution in [3.8, 4) is 5.75 Å². The fourth-order valence-corrected chi connectivity index (χ4v) is 5.43. The zero-order chi connectivity index (χ0) is 24.5. The van der Waals surface area contributed by atoms with E-state index in [0.29, 0.717) is 28.0 Å². The summed E-state index contributed by atoms with van der Waals surface area (Å²) in [5, 5.41) is 32.9. The summed E-state index contributed by atoms with van der Waals surface area (Å²) in [4.78, 5) is 12.3. The van der Waals surface area contributed by atoms with Crippen molar-refractivity contribution in [3.63, 3.8) is 0 Å². The summed E-state index contributed by atoms with van der Waals surface area (Å²) >= 11 is 3.37. The molecule has 6 atom stereocenters. The Labute approximate surface area is 206 Å². The number of hydrogen-bond acceptors (Lipinski definition) is 9. The number of aliphatic hydroxyl groups excluding tert-OH is 2. The Morgan fingerprint density at radius 2 is 2.11 bits per heavy atom. The van der Waals surface area contributed by atoms with E-state index in [0.717, 1.165) is 11.7 Å². The second-order valence-electron chi connectivity index (χ2n) is 8.84. The summed E-state index contributed by atoms with van der Waals surface area (Å²) in [5.41, 5.74) is 5.10. The van der Waals surface area contributed by atoms with Crippen LogP contribution in [0.4, 0.5) is 10.2 Å². The molecule has 2 aliphatic rings. The molecule has 0 bridgehead atoms. The first-order valence-electron chi connectivity index (χ1n) is 11.0. The van der Waals surface area contributed by atoms with Crippen molar-refractivity contribution in [1.29, 1.82) is 0 Å². The van der Waals surface area contributed by atoms with Crippen molar-refractivity contribution < 1.29 is 29.2 Å². The lowest BCUT2D eigenvalue weighted by atomic mass is 9.94. The van der Waals surface area contributed by atoms with Gasteiger partial charge in [-0.15, -0.1) is 0 Å². The molecule has 1 aromatic carbocycles. The number of anilines is 1. The van der Waals surface area contributed by atoms with E-state index in [1.165, 1.54) is 10.6 Å². The monoisotopic (exact) mass is 545 g/mol. The van der Waals surface area contributed by atoms with E-state index in [1.54, 1.807) is 18.3 Å². The van der Waals surface area contributed by atoms with Gasteiger partial charge in [0.25, 0.3) is 0 Å². The van der Waals surface area contributed by atoms with Crippen LogP contribution in [0.1, 0.15) is 31.1 Å². The zero-order valence-corrected chi connectivity index (χ0v) is 19.7. The van der Waals surface area contributed by atoms with Gasteiger partial charge in [-0.1, -0.05) is 0 Å². The number of aromatic nitrogens is 4. The molecule has 5 N–H and O–H groups in total. The van der Waals surface area contributed by atoms with Crippen LogP contribution in [-0.4, -0.2) is 58.8 Å². The van der Waals surface area contributed by atoms with Crippen LogP contribution in [0, 0.1) is 0 Å². The van der Waals surface area contributed by atoms with Crippen LogP contribution in [0.5, 0.6) is 5.75 Å². The number of nitrogens with two attached hydrogens (primary N) is 1. The number of nitrogen functional groups attached to an aromatic ring is 1. The molecule has 4 aromatic rings. The molecular weight excluding hydrogens is 525 g/mol. The maximum Gasteiger partial charge on any atom is 0.240 e. The second-order valence-corrected chi connectivity index (χ2v) is 9.70. The van der Waals surface area contributed by atoms with Crippen molar-refractivity contribution >= 4 is 43.7 Å². The van der Waals surface area contributed by atoms with E-state index in [2.05, 4.69) is 30.9 Å². The molecule has 12 heteroatoms. The Balaban J connectivity index is 1.29. The molecule has 1 unspecified atom stereocenters. The molecule has 1 saturated heterocycles. The summed E-state index contributed by atoms with van der Waals surface area (Å²) in [6, 6.07) is 8.82. The number of alkyl halides is 1. The first-order chi connectivity index (χ1) is 16.8. The van der Waals surface area contributed by atoms with Crippen LogP contribution >= 0.6 is 15.9 Å². The third-order valence-electron chi connectivity index (χ3n) is 6.83. The quantitative estimate of drug-likeness (QED) is 0.303. The summed E-state index contributed by atoms with van der Waals surface area (Å²) in [5.74, 6) is 0.893. The van der Waals surface area contributed by atoms with Gasteiger partial charge in [0.15, 0.2) is 6.23 Å². The van der Waals surface area contributed by atoms with E-state index in [9.17, 15) is 19.7 Å². The van der Waals surface area contributed by atoms with Crippen molar-refractivity contribution in [1.82, 2.24) is 19.5 Å². The molecule has 2 fully saturated rings. The average molecular weight is 546 g/mol. The highest BCUT2D eigenvalue weighted by molar-refractivity contribution is 9.10. The van der Waals surface area contributed by atoms with E-state index in [1.807, 2.05) is 12.1 Å². The molecule has 1 saturated carbocycles. The maximum atomic E-state index is 13.6. The number of pyridine rings is 1. The van der Waals surface area contributed by atoms with Crippen LogP contribution in [0.15, 0.2) is 47.3 Å². The van der Waals surface area contributed by atoms with Gasteiger partial charge in [0, 0.05) is 23.0 Å². The Hall–Kier alpha value is -2.90. The number of nitrogens with zero attached hydrogens (tertiary/aromatic N) is 4. The Morgan fingerprint density at radius 3 is 2.91 bits per heavy atom. The van der Waals surface area contributed by atoms with Crippen LogP contribution < -0.4 is 10.5 Å². The number of benzene rings is 1. The molecule has 0 amide bonds. The topological polar surface area (TPSA) is 149 Å². The molecule has 3 aromatic heterocycles. The molecular formula is C23H21BrFN5O5. The number of ether oxygens (including phenoxy) is 2. The van der Waals surface area contributed by atoms with E-state index < -0.39 is 36.5 Å². The number of rotatable bonds is 4. The lowest BCUT2D eigenvalue weighted by Gasteiger charge is -2.26. The van der Waals surface area contributed by atoms with Gasteiger partial charge in [-0.2, -0.15) is 0 Å². The molecule has 182 valence electrons. The molecule has 6 rings (SSSR count). The summed E-state index contributed by atoms with van der Waals surface area (Å²) in [7, 11) is 0. The van der Waals surface area contributed by atoms with Crippen LogP contribution in [0.3, 0.4) is 0 Å². The minimum Gasteiger partial charge on any atom is -0.488 e. The fraction of sp³-hybridized carbons (Fsp3) is 0.348. The third kappa shape index (κ3) is 3.47. The SMILES string of the molecule is Nc1nc2cc(O[C@H]3CC[C@@]4(O)[C@@H]3O[C@@H](n3ccc5c(C(O)F)ncnc53)[C@@H]4O)ccc2cc1Br. The van der Waals surface area contributed by atoms with Gasteiger partial charge in [-0.05, 0) is 53.0 Å². The molecule has 10 nitrogen and oxygen atoms in total. The Morgan fingerprint density at radius 1 is 1.29 bits per heavy atom. The summed E-state index contributed by atoms with van der Waals surface area (Å²) in [6.07, 6.45) is -2.53. The van der Waals surface area contributed by atoms with Crippen LogP contribution in [0.2, 0.25) is 0 Å².